The molecule has 0 spiro atoms. The molecule has 5 heteroatoms. The molecule has 1 atom stereocenters. The molecule has 1 aromatic carbocycles. The monoisotopic (exact) mass is 251 g/mol. The SMILES string of the molecule is CN[C@H]1CCCN(C(=O)Nc2cccc(F)c2)C1. The van der Waals surface area contributed by atoms with Crippen molar-refractivity contribution < 1.29 is 9.18 Å². The molecular weight excluding hydrogens is 233 g/mol. The van der Waals surface area contributed by atoms with Crippen molar-refractivity contribution in [1.29, 1.82) is 0 Å². The summed E-state index contributed by atoms with van der Waals surface area (Å²) in [5.74, 6) is -0.348. The van der Waals surface area contributed by atoms with Crippen molar-refractivity contribution in [3.05, 3.63) is 30.1 Å². The summed E-state index contributed by atoms with van der Waals surface area (Å²) >= 11 is 0. The number of amides is 2. The van der Waals surface area contributed by atoms with Crippen LogP contribution in [0.5, 0.6) is 0 Å². The molecule has 1 aromatic rings. The van der Waals surface area contributed by atoms with Crippen LogP contribution in [0.15, 0.2) is 24.3 Å². The van der Waals surface area contributed by atoms with Crippen molar-refractivity contribution in [2.45, 2.75) is 18.9 Å². The Morgan fingerprint density at radius 2 is 2.33 bits per heavy atom. The van der Waals surface area contributed by atoms with Crippen LogP contribution in [-0.4, -0.2) is 37.1 Å². The highest BCUT2D eigenvalue weighted by atomic mass is 19.1. The van der Waals surface area contributed by atoms with Crippen LogP contribution >= 0.6 is 0 Å². The molecule has 2 N–H and O–H groups in total. The predicted molar refractivity (Wildman–Crippen MR) is 69.1 cm³/mol. The molecule has 1 heterocycles. The average Bonchev–Trinajstić information content (AvgIpc) is 2.39. The van der Waals surface area contributed by atoms with Gasteiger partial charge in [-0.2, -0.15) is 0 Å². The first kappa shape index (κ1) is 12.8. The number of halogens is 1. The van der Waals surface area contributed by atoms with E-state index in [1.165, 1.54) is 12.1 Å². The van der Waals surface area contributed by atoms with Crippen molar-refractivity contribution in [2.24, 2.45) is 0 Å². The zero-order valence-electron chi connectivity index (χ0n) is 10.4. The van der Waals surface area contributed by atoms with Crippen LogP contribution in [0.4, 0.5) is 14.9 Å². The summed E-state index contributed by atoms with van der Waals surface area (Å²) in [6, 6.07) is 6.11. The number of likely N-dealkylation sites (tertiary alicyclic amines) is 1. The Bertz CT molecular complexity index is 424. The Kier molecular flexibility index (Phi) is 4.15. The van der Waals surface area contributed by atoms with Crippen LogP contribution in [0.2, 0.25) is 0 Å². The molecular formula is C13H18FN3O. The number of urea groups is 1. The number of nitrogens with zero attached hydrogens (tertiary/aromatic N) is 1. The maximum absolute atomic E-state index is 13.0. The van der Waals surface area contributed by atoms with Crippen molar-refractivity contribution in [1.82, 2.24) is 10.2 Å². The second-order valence-corrected chi connectivity index (χ2v) is 4.51. The molecule has 0 bridgehead atoms. The summed E-state index contributed by atoms with van der Waals surface area (Å²) in [5.41, 5.74) is 0.492. The first-order chi connectivity index (χ1) is 8.69. The summed E-state index contributed by atoms with van der Waals surface area (Å²) < 4.78 is 13.0. The molecule has 1 fully saturated rings. The van der Waals surface area contributed by atoms with Crippen LogP contribution in [0.1, 0.15) is 12.8 Å². The number of piperidine rings is 1. The second-order valence-electron chi connectivity index (χ2n) is 4.51. The van der Waals surface area contributed by atoms with Gasteiger partial charge in [-0.1, -0.05) is 6.07 Å². The molecule has 98 valence electrons. The number of hydrogen-bond acceptors (Lipinski definition) is 2. The van der Waals surface area contributed by atoms with E-state index in [-0.39, 0.29) is 11.8 Å². The van der Waals surface area contributed by atoms with Crippen LogP contribution in [0.3, 0.4) is 0 Å². The van der Waals surface area contributed by atoms with Crippen molar-refractivity contribution in [2.75, 3.05) is 25.5 Å². The number of carbonyl (C=O) groups is 1. The first-order valence-corrected chi connectivity index (χ1v) is 6.18. The summed E-state index contributed by atoms with van der Waals surface area (Å²) in [6.07, 6.45) is 2.07. The van der Waals surface area contributed by atoms with Gasteiger partial charge in [-0.05, 0) is 38.1 Å². The van der Waals surface area contributed by atoms with Crippen LogP contribution in [0, 0.1) is 5.82 Å². The van der Waals surface area contributed by atoms with Gasteiger partial charge < -0.3 is 15.5 Å². The lowest BCUT2D eigenvalue weighted by atomic mass is 10.1. The van der Waals surface area contributed by atoms with Gasteiger partial charge >= 0.3 is 6.03 Å². The van der Waals surface area contributed by atoms with Gasteiger partial charge in [0.05, 0.1) is 0 Å². The number of hydrogen-bond donors (Lipinski definition) is 2. The summed E-state index contributed by atoms with van der Waals surface area (Å²) in [4.78, 5) is 13.8. The van der Waals surface area contributed by atoms with Gasteiger partial charge in [0.2, 0.25) is 0 Å². The Morgan fingerprint density at radius 1 is 1.50 bits per heavy atom. The lowest BCUT2D eigenvalue weighted by Gasteiger charge is -2.32. The summed E-state index contributed by atoms with van der Waals surface area (Å²) in [5, 5.41) is 5.90. The van der Waals surface area contributed by atoms with E-state index in [1.54, 1.807) is 17.0 Å². The molecule has 2 rings (SSSR count). The van der Waals surface area contributed by atoms with Crippen molar-refractivity contribution in [3.8, 4) is 0 Å². The quantitative estimate of drug-likeness (QED) is 0.845. The van der Waals surface area contributed by atoms with Gasteiger partial charge in [0.15, 0.2) is 0 Å². The summed E-state index contributed by atoms with van der Waals surface area (Å²) in [6.45, 7) is 1.44. The molecule has 0 radical (unpaired) electrons. The molecule has 1 aliphatic rings. The molecule has 0 unspecified atom stereocenters. The van der Waals surface area contributed by atoms with Gasteiger partial charge in [-0.15, -0.1) is 0 Å². The predicted octanol–water partition coefficient (Wildman–Crippen LogP) is 2.04. The topological polar surface area (TPSA) is 44.4 Å². The number of benzene rings is 1. The van der Waals surface area contributed by atoms with Gasteiger partial charge in [-0.3, -0.25) is 0 Å². The van der Waals surface area contributed by atoms with Gasteiger partial charge in [0.1, 0.15) is 5.82 Å². The van der Waals surface area contributed by atoms with Gasteiger partial charge in [-0.25, -0.2) is 9.18 Å². The molecule has 2 amide bonds. The molecule has 1 saturated heterocycles. The number of likely N-dealkylation sites (N-methyl/N-ethyl adjacent to an activating group) is 1. The number of nitrogens with one attached hydrogen (secondary N) is 2. The molecule has 4 nitrogen and oxygen atoms in total. The Hall–Kier alpha value is -1.62. The van der Waals surface area contributed by atoms with Gasteiger partial charge in [0, 0.05) is 24.8 Å². The van der Waals surface area contributed by atoms with Crippen molar-refractivity contribution >= 4 is 11.7 Å². The molecule has 1 aliphatic heterocycles. The van der Waals surface area contributed by atoms with E-state index in [0.29, 0.717) is 18.3 Å². The number of carbonyl (C=O) groups excluding carboxylic acids is 1. The zero-order valence-corrected chi connectivity index (χ0v) is 10.4. The van der Waals surface area contributed by atoms with E-state index in [2.05, 4.69) is 10.6 Å². The van der Waals surface area contributed by atoms with Crippen molar-refractivity contribution in [3.63, 3.8) is 0 Å². The van der Waals surface area contributed by atoms with E-state index in [1.807, 2.05) is 7.05 Å². The standard InChI is InChI=1S/C13H18FN3O/c1-15-12-6-3-7-17(9-12)13(18)16-11-5-2-4-10(14)8-11/h2,4-5,8,12,15H,3,6-7,9H2,1H3,(H,16,18)/t12-/m0/s1. The van der Waals surface area contributed by atoms with E-state index in [0.717, 1.165) is 19.4 Å². The van der Waals surface area contributed by atoms with E-state index >= 15 is 0 Å². The molecule has 0 aromatic heterocycles. The average molecular weight is 251 g/mol. The first-order valence-electron chi connectivity index (χ1n) is 6.18. The fourth-order valence-electron chi connectivity index (χ4n) is 2.17. The number of anilines is 1. The third-order valence-corrected chi connectivity index (χ3v) is 3.19. The minimum Gasteiger partial charge on any atom is -0.323 e. The van der Waals surface area contributed by atoms with Crippen LogP contribution < -0.4 is 10.6 Å². The lowest BCUT2D eigenvalue weighted by Crippen LogP contribution is -2.48. The summed E-state index contributed by atoms with van der Waals surface area (Å²) in [7, 11) is 1.90. The Balaban J connectivity index is 1.95. The minimum atomic E-state index is -0.348. The highest BCUT2D eigenvalue weighted by molar-refractivity contribution is 5.89. The minimum absolute atomic E-state index is 0.166. The number of rotatable bonds is 2. The molecule has 0 aliphatic carbocycles. The largest absolute Gasteiger partial charge is 0.323 e. The Morgan fingerprint density at radius 3 is 3.06 bits per heavy atom. The highest BCUT2D eigenvalue weighted by Gasteiger charge is 2.22. The van der Waals surface area contributed by atoms with E-state index in [9.17, 15) is 9.18 Å². The van der Waals surface area contributed by atoms with E-state index < -0.39 is 0 Å². The third kappa shape index (κ3) is 3.20. The highest BCUT2D eigenvalue weighted by Crippen LogP contribution is 2.13. The maximum atomic E-state index is 13.0. The normalized spacial score (nSPS) is 19.7. The second kappa shape index (κ2) is 5.82. The lowest BCUT2D eigenvalue weighted by molar-refractivity contribution is 0.187. The fraction of sp³-hybridized carbons (Fsp3) is 0.462. The molecule has 18 heavy (non-hydrogen) atoms. The van der Waals surface area contributed by atoms with Crippen LogP contribution in [0.25, 0.3) is 0 Å². The van der Waals surface area contributed by atoms with Gasteiger partial charge in [0.25, 0.3) is 0 Å². The van der Waals surface area contributed by atoms with E-state index in [4.69, 9.17) is 0 Å². The maximum Gasteiger partial charge on any atom is 0.321 e. The van der Waals surface area contributed by atoms with Crippen LogP contribution in [-0.2, 0) is 0 Å². The fourth-order valence-corrected chi connectivity index (χ4v) is 2.17. The third-order valence-electron chi connectivity index (χ3n) is 3.19. The smallest absolute Gasteiger partial charge is 0.321 e. The Labute approximate surface area is 106 Å². The molecule has 0 saturated carbocycles. The zero-order chi connectivity index (χ0) is 13.0.